The van der Waals surface area contributed by atoms with Crippen LogP contribution in [0.25, 0.3) is 0 Å². The highest BCUT2D eigenvalue weighted by atomic mass is 19.1. The highest BCUT2D eigenvalue weighted by Crippen LogP contribution is 2.38. The van der Waals surface area contributed by atoms with Crippen LogP contribution >= 0.6 is 0 Å². The minimum absolute atomic E-state index is 0.172. The van der Waals surface area contributed by atoms with Gasteiger partial charge in [0.15, 0.2) is 0 Å². The Morgan fingerprint density at radius 2 is 2.08 bits per heavy atom. The monoisotopic (exact) mass is 332 g/mol. The van der Waals surface area contributed by atoms with E-state index in [0.717, 1.165) is 11.3 Å². The maximum atomic E-state index is 13.0. The lowest BCUT2D eigenvalue weighted by atomic mass is 10.1. The summed E-state index contributed by atoms with van der Waals surface area (Å²) in [6, 6.07) is 6.15. The SMILES string of the molecule is O[C@H]1CO[C@H](Cn2cc(C3CC3)nn2)[C@@H]1NCc1ccc(F)cc1. The normalized spacial score (nSPS) is 26.8. The first-order valence-corrected chi connectivity index (χ1v) is 8.36. The predicted octanol–water partition coefficient (Wildman–Crippen LogP) is 1.21. The molecule has 1 aromatic carbocycles. The van der Waals surface area contributed by atoms with Gasteiger partial charge in [-0.3, -0.25) is 0 Å². The minimum atomic E-state index is -0.568. The molecule has 2 aliphatic rings. The van der Waals surface area contributed by atoms with Crippen molar-refractivity contribution >= 4 is 0 Å². The number of nitrogens with one attached hydrogen (secondary N) is 1. The van der Waals surface area contributed by atoms with E-state index in [9.17, 15) is 9.50 Å². The van der Waals surface area contributed by atoms with Crippen molar-refractivity contribution in [2.75, 3.05) is 6.61 Å². The van der Waals surface area contributed by atoms with Crippen LogP contribution in [0.2, 0.25) is 0 Å². The van der Waals surface area contributed by atoms with Crippen molar-refractivity contribution in [1.29, 1.82) is 0 Å². The highest BCUT2D eigenvalue weighted by molar-refractivity contribution is 5.16. The molecule has 128 valence electrons. The Morgan fingerprint density at radius 1 is 1.29 bits per heavy atom. The van der Waals surface area contributed by atoms with E-state index in [1.54, 1.807) is 16.8 Å². The summed E-state index contributed by atoms with van der Waals surface area (Å²) in [5.74, 6) is 0.319. The minimum Gasteiger partial charge on any atom is -0.389 e. The number of ether oxygens (including phenoxy) is 1. The average Bonchev–Trinajstić information content (AvgIpc) is 3.24. The Hall–Kier alpha value is -1.83. The number of aromatic nitrogens is 3. The van der Waals surface area contributed by atoms with Crippen molar-refractivity contribution in [2.45, 2.75) is 50.1 Å². The molecular formula is C17H21FN4O2. The molecule has 2 heterocycles. The second-order valence-corrected chi connectivity index (χ2v) is 6.61. The molecule has 7 heteroatoms. The van der Waals surface area contributed by atoms with Gasteiger partial charge < -0.3 is 15.2 Å². The van der Waals surface area contributed by atoms with Gasteiger partial charge in [-0.05, 0) is 30.5 Å². The summed E-state index contributed by atoms with van der Waals surface area (Å²) in [6.07, 6.45) is 3.62. The fourth-order valence-corrected chi connectivity index (χ4v) is 3.10. The second kappa shape index (κ2) is 6.58. The number of aliphatic hydroxyl groups is 1. The Labute approximate surface area is 139 Å². The summed E-state index contributed by atoms with van der Waals surface area (Å²) in [7, 11) is 0. The zero-order valence-corrected chi connectivity index (χ0v) is 13.3. The standard InChI is InChI=1S/C17H21FN4O2/c18-13-5-1-11(2-6-13)7-19-17-15(23)10-24-16(17)9-22-8-14(20-21-22)12-3-4-12/h1-2,5-6,8,12,15-17,19,23H,3-4,7,9-10H2/t15-,16+,17+/m0/s1. The lowest BCUT2D eigenvalue weighted by molar-refractivity contribution is 0.0741. The van der Waals surface area contributed by atoms with Crippen molar-refractivity contribution in [2.24, 2.45) is 0 Å². The van der Waals surface area contributed by atoms with Crippen LogP contribution in [0, 0.1) is 5.82 Å². The third-order valence-electron chi connectivity index (χ3n) is 4.67. The van der Waals surface area contributed by atoms with Gasteiger partial charge in [0.05, 0.1) is 37.1 Å². The summed E-state index contributed by atoms with van der Waals surface area (Å²) >= 11 is 0. The average molecular weight is 332 g/mol. The largest absolute Gasteiger partial charge is 0.389 e. The second-order valence-electron chi connectivity index (χ2n) is 6.61. The number of nitrogens with zero attached hydrogens (tertiary/aromatic N) is 3. The molecule has 1 aliphatic carbocycles. The van der Waals surface area contributed by atoms with Crippen LogP contribution in [-0.4, -0.2) is 45.0 Å². The number of aliphatic hydroxyl groups excluding tert-OH is 1. The van der Waals surface area contributed by atoms with Gasteiger partial charge in [-0.1, -0.05) is 17.3 Å². The molecular weight excluding hydrogens is 311 g/mol. The molecule has 1 aliphatic heterocycles. The highest BCUT2D eigenvalue weighted by Gasteiger charge is 2.36. The Kier molecular flexibility index (Phi) is 4.30. The molecule has 0 spiro atoms. The van der Waals surface area contributed by atoms with E-state index < -0.39 is 6.10 Å². The summed E-state index contributed by atoms with van der Waals surface area (Å²) in [6.45, 7) is 1.40. The van der Waals surface area contributed by atoms with Crippen LogP contribution in [0.1, 0.15) is 30.0 Å². The van der Waals surface area contributed by atoms with E-state index in [0.29, 0.717) is 25.6 Å². The molecule has 1 aromatic heterocycles. The number of rotatable bonds is 6. The first-order chi connectivity index (χ1) is 11.7. The molecule has 0 unspecified atom stereocenters. The Bertz CT molecular complexity index is 686. The van der Waals surface area contributed by atoms with Gasteiger partial charge in [0.2, 0.25) is 0 Å². The third kappa shape index (κ3) is 3.48. The summed E-state index contributed by atoms with van der Waals surface area (Å²) in [5, 5.41) is 21.9. The Morgan fingerprint density at radius 3 is 2.83 bits per heavy atom. The number of halogens is 1. The van der Waals surface area contributed by atoms with Crippen molar-refractivity contribution in [3.8, 4) is 0 Å². The smallest absolute Gasteiger partial charge is 0.123 e. The molecule has 4 rings (SSSR count). The molecule has 2 fully saturated rings. The van der Waals surface area contributed by atoms with E-state index in [1.165, 1.54) is 25.0 Å². The molecule has 0 amide bonds. The first-order valence-electron chi connectivity index (χ1n) is 8.36. The van der Waals surface area contributed by atoms with Crippen LogP contribution < -0.4 is 5.32 Å². The first kappa shape index (κ1) is 15.7. The van der Waals surface area contributed by atoms with Crippen LogP contribution in [0.3, 0.4) is 0 Å². The summed E-state index contributed by atoms with van der Waals surface area (Å²) in [5.41, 5.74) is 2.01. The third-order valence-corrected chi connectivity index (χ3v) is 4.67. The molecule has 1 saturated heterocycles. The molecule has 3 atom stereocenters. The molecule has 0 bridgehead atoms. The molecule has 6 nitrogen and oxygen atoms in total. The molecule has 2 N–H and O–H groups in total. The van der Waals surface area contributed by atoms with E-state index in [-0.39, 0.29) is 18.0 Å². The van der Waals surface area contributed by atoms with Crippen molar-refractivity contribution in [3.05, 3.63) is 47.5 Å². The van der Waals surface area contributed by atoms with Gasteiger partial charge in [0.25, 0.3) is 0 Å². The number of hydrogen-bond acceptors (Lipinski definition) is 5. The van der Waals surface area contributed by atoms with Gasteiger partial charge in [-0.15, -0.1) is 5.10 Å². The van der Waals surface area contributed by atoms with Crippen LogP contribution in [0.4, 0.5) is 4.39 Å². The summed E-state index contributed by atoms with van der Waals surface area (Å²) in [4.78, 5) is 0. The van der Waals surface area contributed by atoms with Crippen molar-refractivity contribution in [3.63, 3.8) is 0 Å². The number of hydrogen-bond donors (Lipinski definition) is 2. The number of benzene rings is 1. The van der Waals surface area contributed by atoms with E-state index in [4.69, 9.17) is 4.74 Å². The van der Waals surface area contributed by atoms with Gasteiger partial charge >= 0.3 is 0 Å². The van der Waals surface area contributed by atoms with E-state index in [2.05, 4.69) is 15.6 Å². The van der Waals surface area contributed by atoms with Crippen molar-refractivity contribution < 1.29 is 14.2 Å². The maximum Gasteiger partial charge on any atom is 0.123 e. The zero-order valence-electron chi connectivity index (χ0n) is 13.3. The van der Waals surface area contributed by atoms with Crippen molar-refractivity contribution in [1.82, 2.24) is 20.3 Å². The fourth-order valence-electron chi connectivity index (χ4n) is 3.10. The Balaban J connectivity index is 1.37. The summed E-state index contributed by atoms with van der Waals surface area (Å²) < 4.78 is 20.5. The van der Waals surface area contributed by atoms with Gasteiger partial charge in [0, 0.05) is 18.7 Å². The molecule has 0 radical (unpaired) electrons. The quantitative estimate of drug-likeness (QED) is 0.832. The van der Waals surface area contributed by atoms with Gasteiger partial charge in [-0.25, -0.2) is 9.07 Å². The maximum absolute atomic E-state index is 13.0. The molecule has 24 heavy (non-hydrogen) atoms. The van der Waals surface area contributed by atoms with E-state index >= 15 is 0 Å². The van der Waals surface area contributed by atoms with E-state index in [1.807, 2.05) is 6.20 Å². The predicted molar refractivity (Wildman–Crippen MR) is 84.8 cm³/mol. The van der Waals surface area contributed by atoms with Gasteiger partial charge in [-0.2, -0.15) is 0 Å². The lowest BCUT2D eigenvalue weighted by Gasteiger charge is -2.21. The van der Waals surface area contributed by atoms with Gasteiger partial charge in [0.1, 0.15) is 5.82 Å². The van der Waals surface area contributed by atoms with Crippen LogP contribution in [0.5, 0.6) is 0 Å². The lowest BCUT2D eigenvalue weighted by Crippen LogP contribution is -2.45. The fraction of sp³-hybridized carbons (Fsp3) is 0.529. The zero-order chi connectivity index (χ0) is 16.5. The topological polar surface area (TPSA) is 72.2 Å². The molecule has 1 saturated carbocycles. The molecule has 2 aromatic rings. The van der Waals surface area contributed by atoms with Crippen LogP contribution in [-0.2, 0) is 17.8 Å². The van der Waals surface area contributed by atoms with Crippen LogP contribution in [0.15, 0.2) is 30.5 Å².